The lowest BCUT2D eigenvalue weighted by atomic mass is 10.3. The van der Waals surface area contributed by atoms with Crippen LogP contribution in [0.2, 0.25) is 5.02 Å². The Kier molecular flexibility index (Phi) is 6.54. The van der Waals surface area contributed by atoms with Crippen LogP contribution >= 0.6 is 23.4 Å². The van der Waals surface area contributed by atoms with Crippen molar-refractivity contribution in [2.45, 2.75) is 16.5 Å². The maximum atomic E-state index is 13.0. The average Bonchev–Trinajstić information content (AvgIpc) is 3.26. The molecule has 1 N–H and O–H groups in total. The minimum atomic E-state index is -0.333. The van der Waals surface area contributed by atoms with Crippen molar-refractivity contribution in [3.63, 3.8) is 0 Å². The molecule has 1 amide bonds. The summed E-state index contributed by atoms with van der Waals surface area (Å²) in [6.45, 7) is 0.0991. The van der Waals surface area contributed by atoms with Crippen LogP contribution in [0, 0.1) is 5.82 Å². The Morgan fingerprint density at radius 1 is 1.03 bits per heavy atom. The minimum absolute atomic E-state index is 0.0991. The van der Waals surface area contributed by atoms with E-state index in [0.29, 0.717) is 16.5 Å². The zero-order valence-electron chi connectivity index (χ0n) is 16.2. The number of carbonyl (C=O) groups is 1. The summed E-state index contributed by atoms with van der Waals surface area (Å²) in [6, 6.07) is 22.3. The first kappa shape index (κ1) is 21.0. The molecule has 0 spiro atoms. The minimum Gasteiger partial charge on any atom is -0.471 e. The van der Waals surface area contributed by atoms with Crippen LogP contribution < -0.4 is 10.1 Å². The van der Waals surface area contributed by atoms with E-state index in [-0.39, 0.29) is 24.1 Å². The third kappa shape index (κ3) is 5.65. The molecule has 156 valence electrons. The number of hydrogen-bond donors (Lipinski definition) is 1. The summed E-state index contributed by atoms with van der Waals surface area (Å²) in [5.74, 6) is -0.152. The smallest absolute Gasteiger partial charge is 0.276 e. The predicted octanol–water partition coefficient (Wildman–Crippen LogP) is 6.12. The lowest BCUT2D eigenvalue weighted by molar-refractivity contribution is 0.102. The Bertz CT molecular complexity index is 1180. The van der Waals surface area contributed by atoms with Crippen LogP contribution in [0.1, 0.15) is 10.5 Å². The second-order valence-electron chi connectivity index (χ2n) is 6.47. The second kappa shape index (κ2) is 9.68. The molecule has 4 rings (SSSR count). The van der Waals surface area contributed by atoms with Gasteiger partial charge in [-0.1, -0.05) is 35.5 Å². The molecule has 1 heterocycles. The highest BCUT2D eigenvalue weighted by atomic mass is 35.5. The Balaban J connectivity index is 1.40. The van der Waals surface area contributed by atoms with Gasteiger partial charge in [0.2, 0.25) is 0 Å². The van der Waals surface area contributed by atoms with E-state index in [1.54, 1.807) is 12.3 Å². The number of hydrogen-bond acceptors (Lipinski definition) is 4. The van der Waals surface area contributed by atoms with Crippen LogP contribution in [-0.2, 0) is 6.73 Å². The van der Waals surface area contributed by atoms with Crippen LogP contribution in [0.3, 0.4) is 0 Å². The third-order valence-electron chi connectivity index (χ3n) is 4.23. The summed E-state index contributed by atoms with van der Waals surface area (Å²) < 4.78 is 20.0. The molecule has 31 heavy (non-hydrogen) atoms. The summed E-state index contributed by atoms with van der Waals surface area (Å²) in [5.41, 5.74) is 0.943. The fraction of sp³-hybridized carbons (Fsp3) is 0.0435. The average molecular weight is 454 g/mol. The first-order valence-corrected chi connectivity index (χ1v) is 10.5. The summed E-state index contributed by atoms with van der Waals surface area (Å²) in [6.07, 6.45) is 1.65. The van der Waals surface area contributed by atoms with Crippen molar-refractivity contribution in [2.75, 3.05) is 5.32 Å². The van der Waals surface area contributed by atoms with Gasteiger partial charge in [-0.05, 0) is 66.7 Å². The normalized spacial score (nSPS) is 10.6. The Labute approximate surface area is 187 Å². The Hall–Kier alpha value is -3.29. The van der Waals surface area contributed by atoms with Crippen LogP contribution in [0.15, 0.2) is 94.9 Å². The fourth-order valence-electron chi connectivity index (χ4n) is 2.70. The van der Waals surface area contributed by atoms with Crippen LogP contribution in [0.4, 0.5) is 10.1 Å². The van der Waals surface area contributed by atoms with Gasteiger partial charge < -0.3 is 10.1 Å². The van der Waals surface area contributed by atoms with Gasteiger partial charge >= 0.3 is 0 Å². The van der Waals surface area contributed by atoms with E-state index in [9.17, 15) is 9.18 Å². The number of para-hydroxylation sites is 1. The van der Waals surface area contributed by atoms with Gasteiger partial charge in [0, 0.05) is 21.0 Å². The van der Waals surface area contributed by atoms with Crippen molar-refractivity contribution in [2.24, 2.45) is 0 Å². The highest BCUT2D eigenvalue weighted by Crippen LogP contribution is 2.34. The molecule has 0 fully saturated rings. The molecular formula is C23H17ClFN3O2S. The van der Waals surface area contributed by atoms with Crippen molar-refractivity contribution < 1.29 is 13.9 Å². The van der Waals surface area contributed by atoms with E-state index in [2.05, 4.69) is 10.4 Å². The van der Waals surface area contributed by atoms with Gasteiger partial charge in [-0.3, -0.25) is 4.79 Å². The molecule has 3 aromatic carbocycles. The van der Waals surface area contributed by atoms with E-state index in [4.69, 9.17) is 16.3 Å². The van der Waals surface area contributed by atoms with Crippen molar-refractivity contribution in [1.29, 1.82) is 0 Å². The van der Waals surface area contributed by atoms with E-state index in [1.165, 1.54) is 40.7 Å². The van der Waals surface area contributed by atoms with Gasteiger partial charge in [-0.2, -0.15) is 5.10 Å². The zero-order chi connectivity index (χ0) is 21.6. The highest BCUT2D eigenvalue weighted by molar-refractivity contribution is 7.99. The number of anilines is 1. The number of halogens is 2. The van der Waals surface area contributed by atoms with Crippen LogP contribution in [0.25, 0.3) is 0 Å². The number of rotatable bonds is 7. The van der Waals surface area contributed by atoms with Crippen molar-refractivity contribution >= 4 is 35.0 Å². The molecule has 0 unspecified atom stereocenters. The van der Waals surface area contributed by atoms with Gasteiger partial charge in [-0.25, -0.2) is 9.07 Å². The molecule has 1 aromatic heterocycles. The molecule has 0 radical (unpaired) electrons. The fourth-order valence-corrected chi connectivity index (χ4v) is 3.73. The van der Waals surface area contributed by atoms with E-state index < -0.39 is 0 Å². The van der Waals surface area contributed by atoms with Gasteiger partial charge in [0.1, 0.15) is 11.6 Å². The van der Waals surface area contributed by atoms with Gasteiger partial charge in [-0.15, -0.1) is 0 Å². The zero-order valence-corrected chi connectivity index (χ0v) is 17.7. The molecule has 0 aliphatic rings. The number of carbonyl (C=O) groups excluding carboxylic acids is 1. The quantitative estimate of drug-likeness (QED) is 0.366. The number of amides is 1. The molecule has 0 aliphatic heterocycles. The molecule has 0 bridgehead atoms. The van der Waals surface area contributed by atoms with Crippen molar-refractivity contribution in [3.8, 4) is 5.75 Å². The van der Waals surface area contributed by atoms with Crippen molar-refractivity contribution in [1.82, 2.24) is 9.78 Å². The predicted molar refractivity (Wildman–Crippen MR) is 119 cm³/mol. The molecule has 4 aromatic rings. The molecule has 0 aliphatic carbocycles. The monoisotopic (exact) mass is 453 g/mol. The number of benzene rings is 3. The maximum absolute atomic E-state index is 13.0. The maximum Gasteiger partial charge on any atom is 0.276 e. The number of nitrogens with zero attached hydrogens (tertiary/aromatic N) is 2. The molecular weight excluding hydrogens is 437 g/mol. The third-order valence-corrected chi connectivity index (χ3v) is 5.56. The summed E-state index contributed by atoms with van der Waals surface area (Å²) in [7, 11) is 0. The largest absolute Gasteiger partial charge is 0.471 e. The summed E-state index contributed by atoms with van der Waals surface area (Å²) in [5, 5.41) is 7.83. The van der Waals surface area contributed by atoms with Crippen LogP contribution in [-0.4, -0.2) is 15.7 Å². The Morgan fingerprint density at radius 3 is 2.55 bits per heavy atom. The molecule has 0 saturated carbocycles. The Morgan fingerprint density at radius 2 is 1.77 bits per heavy atom. The standard InChI is InChI=1S/C23H17ClFN3O2S/c24-16-5-11-19(12-6-16)31-22-4-2-1-3-20(22)26-23(29)21-13-14-28(27-21)15-30-18-9-7-17(25)8-10-18/h1-14H,15H2,(H,26,29). The number of nitrogens with one attached hydrogen (secondary N) is 1. The lowest BCUT2D eigenvalue weighted by Crippen LogP contribution is -2.14. The topological polar surface area (TPSA) is 56.2 Å². The highest BCUT2D eigenvalue weighted by Gasteiger charge is 2.13. The molecule has 0 saturated heterocycles. The first-order valence-electron chi connectivity index (χ1n) is 9.32. The number of ether oxygens (including phenoxy) is 1. The van der Waals surface area contributed by atoms with Crippen LogP contribution in [0.5, 0.6) is 5.75 Å². The second-order valence-corrected chi connectivity index (χ2v) is 8.03. The van der Waals surface area contributed by atoms with E-state index in [0.717, 1.165) is 9.79 Å². The number of aromatic nitrogens is 2. The molecule has 8 heteroatoms. The van der Waals surface area contributed by atoms with E-state index in [1.807, 2.05) is 48.5 Å². The molecule has 5 nitrogen and oxygen atoms in total. The van der Waals surface area contributed by atoms with Crippen molar-refractivity contribution in [3.05, 3.63) is 102 Å². The SMILES string of the molecule is O=C(Nc1ccccc1Sc1ccc(Cl)cc1)c1ccn(COc2ccc(F)cc2)n1. The molecule has 0 atom stereocenters. The van der Waals surface area contributed by atoms with Gasteiger partial charge in [0.05, 0.1) is 5.69 Å². The summed E-state index contributed by atoms with van der Waals surface area (Å²) >= 11 is 7.48. The summed E-state index contributed by atoms with van der Waals surface area (Å²) in [4.78, 5) is 14.6. The van der Waals surface area contributed by atoms with Gasteiger partial charge in [0.15, 0.2) is 12.4 Å². The van der Waals surface area contributed by atoms with Gasteiger partial charge in [0.25, 0.3) is 5.91 Å². The first-order chi connectivity index (χ1) is 15.1. The van der Waals surface area contributed by atoms with E-state index >= 15 is 0 Å². The lowest BCUT2D eigenvalue weighted by Gasteiger charge is -2.10.